The van der Waals surface area contributed by atoms with E-state index in [1.807, 2.05) is 36.4 Å². The summed E-state index contributed by atoms with van der Waals surface area (Å²) in [5, 5.41) is 2.80. The lowest BCUT2D eigenvalue weighted by Gasteiger charge is -2.27. The van der Waals surface area contributed by atoms with Crippen LogP contribution in [-0.2, 0) is 11.3 Å². The van der Waals surface area contributed by atoms with Crippen LogP contribution < -0.4 is 10.2 Å². The third-order valence-electron chi connectivity index (χ3n) is 3.22. The summed E-state index contributed by atoms with van der Waals surface area (Å²) < 4.78 is -0.840. The number of nitrogens with zero attached hydrogens (tertiary/aromatic N) is 1. The number of hydrogen-bond donors (Lipinski definition) is 1. The Labute approximate surface area is 144 Å². The van der Waals surface area contributed by atoms with Gasteiger partial charge in [-0.1, -0.05) is 64.5 Å². The van der Waals surface area contributed by atoms with Crippen LogP contribution in [0.5, 0.6) is 0 Å². The lowest BCUT2D eigenvalue weighted by atomic mass is 10.1. The van der Waals surface area contributed by atoms with Gasteiger partial charge in [0.15, 0.2) is 0 Å². The first-order valence-electron chi connectivity index (χ1n) is 7.30. The molecule has 0 aliphatic heterocycles. The quantitative estimate of drug-likeness (QED) is 0.818. The van der Waals surface area contributed by atoms with Crippen molar-refractivity contribution < 1.29 is 9.59 Å². The number of halogens is 1. The number of nitrogens with one attached hydrogen (secondary N) is 1. The second kappa shape index (κ2) is 7.42. The number of imide groups is 1. The minimum absolute atomic E-state index is 0.325. The van der Waals surface area contributed by atoms with Gasteiger partial charge >= 0.3 is 6.03 Å². The predicted molar refractivity (Wildman–Crippen MR) is 95.6 cm³/mol. The van der Waals surface area contributed by atoms with Gasteiger partial charge in [0, 0.05) is 6.54 Å². The molecular formula is C18H19BrN2O2. The van der Waals surface area contributed by atoms with E-state index < -0.39 is 10.4 Å². The van der Waals surface area contributed by atoms with E-state index in [1.165, 1.54) is 0 Å². The molecule has 2 aromatic rings. The van der Waals surface area contributed by atoms with Gasteiger partial charge in [0.05, 0.1) is 10.0 Å². The molecule has 1 N–H and O–H groups in total. The average Bonchev–Trinajstić information content (AvgIpc) is 2.54. The molecule has 3 amide bonds. The lowest BCUT2D eigenvalue weighted by Crippen LogP contribution is -2.49. The van der Waals surface area contributed by atoms with Crippen LogP contribution in [0.2, 0.25) is 0 Å². The van der Waals surface area contributed by atoms with E-state index in [0.717, 1.165) is 10.5 Å². The number of anilines is 1. The maximum absolute atomic E-state index is 12.6. The molecule has 0 unspecified atom stereocenters. The van der Waals surface area contributed by atoms with Crippen molar-refractivity contribution in [2.45, 2.75) is 24.7 Å². The summed E-state index contributed by atoms with van der Waals surface area (Å²) in [6, 6.07) is 18.0. The van der Waals surface area contributed by atoms with E-state index in [9.17, 15) is 9.59 Å². The van der Waals surface area contributed by atoms with Crippen molar-refractivity contribution in [3.05, 3.63) is 66.2 Å². The van der Waals surface area contributed by atoms with Gasteiger partial charge in [-0.15, -0.1) is 0 Å². The zero-order chi connectivity index (χ0) is 16.9. The number of carbonyl (C=O) groups excluding carboxylic acids is 2. The van der Waals surface area contributed by atoms with Crippen LogP contribution in [0.4, 0.5) is 10.5 Å². The fourth-order valence-corrected chi connectivity index (χ4v) is 2.20. The number of urea groups is 1. The van der Waals surface area contributed by atoms with E-state index in [-0.39, 0.29) is 5.91 Å². The van der Waals surface area contributed by atoms with Crippen molar-refractivity contribution in [1.82, 2.24) is 5.32 Å². The smallest absolute Gasteiger partial charge is 0.329 e. The van der Waals surface area contributed by atoms with Crippen LogP contribution in [-0.4, -0.2) is 16.3 Å². The first kappa shape index (κ1) is 17.2. The van der Waals surface area contributed by atoms with Gasteiger partial charge in [0.1, 0.15) is 0 Å². The summed E-state index contributed by atoms with van der Waals surface area (Å²) in [5.41, 5.74) is 1.51. The van der Waals surface area contributed by atoms with E-state index in [4.69, 9.17) is 0 Å². The van der Waals surface area contributed by atoms with Gasteiger partial charge < -0.3 is 5.32 Å². The Morgan fingerprint density at radius 2 is 1.52 bits per heavy atom. The fraction of sp³-hybridized carbons (Fsp3) is 0.222. The summed E-state index contributed by atoms with van der Waals surface area (Å²) in [6.45, 7) is 3.80. The molecule has 0 fully saturated rings. The van der Waals surface area contributed by atoms with Crippen molar-refractivity contribution in [2.24, 2.45) is 0 Å². The van der Waals surface area contributed by atoms with E-state index in [0.29, 0.717) is 12.2 Å². The van der Waals surface area contributed by atoms with Crippen molar-refractivity contribution in [2.75, 3.05) is 4.90 Å². The number of amides is 3. The molecule has 0 spiro atoms. The first-order chi connectivity index (χ1) is 10.9. The molecule has 0 atom stereocenters. The van der Waals surface area contributed by atoms with Gasteiger partial charge in [-0.25, -0.2) is 9.69 Å². The zero-order valence-electron chi connectivity index (χ0n) is 13.1. The third kappa shape index (κ3) is 4.66. The number of alkyl halides is 1. The molecule has 4 nitrogen and oxygen atoms in total. The SMILES string of the molecule is CC(C)(Br)C(=O)N(C(=O)NCc1ccccc1)c1ccccc1. The van der Waals surface area contributed by atoms with Crippen LogP contribution in [0.3, 0.4) is 0 Å². The molecule has 0 saturated heterocycles. The minimum Gasteiger partial charge on any atom is -0.333 e. The third-order valence-corrected chi connectivity index (χ3v) is 3.55. The van der Waals surface area contributed by atoms with Gasteiger partial charge in [-0.2, -0.15) is 0 Å². The molecule has 2 aromatic carbocycles. The normalized spacial score (nSPS) is 10.9. The van der Waals surface area contributed by atoms with E-state index in [1.54, 1.807) is 38.1 Å². The Morgan fingerprint density at radius 1 is 1.00 bits per heavy atom. The van der Waals surface area contributed by atoms with Crippen LogP contribution in [0, 0.1) is 0 Å². The zero-order valence-corrected chi connectivity index (χ0v) is 14.7. The average molecular weight is 375 g/mol. The van der Waals surface area contributed by atoms with Crippen LogP contribution in [0.25, 0.3) is 0 Å². The number of carbonyl (C=O) groups is 2. The predicted octanol–water partition coefficient (Wildman–Crippen LogP) is 4.10. The van der Waals surface area contributed by atoms with Gasteiger partial charge in [0.25, 0.3) is 5.91 Å². The molecule has 0 saturated carbocycles. The molecule has 0 bridgehead atoms. The Bertz CT molecular complexity index is 666. The van der Waals surface area contributed by atoms with Crippen molar-refractivity contribution in [3.63, 3.8) is 0 Å². The summed E-state index contributed by atoms with van der Waals surface area (Å²) in [4.78, 5) is 26.4. The van der Waals surface area contributed by atoms with Gasteiger partial charge in [-0.05, 0) is 31.5 Å². The second-order valence-electron chi connectivity index (χ2n) is 5.59. The summed E-state index contributed by atoms with van der Waals surface area (Å²) >= 11 is 3.33. The number of para-hydroxylation sites is 1. The van der Waals surface area contributed by atoms with Crippen LogP contribution >= 0.6 is 15.9 Å². The van der Waals surface area contributed by atoms with Crippen molar-refractivity contribution in [3.8, 4) is 0 Å². The highest BCUT2D eigenvalue weighted by Crippen LogP contribution is 2.24. The van der Waals surface area contributed by atoms with Crippen molar-refractivity contribution in [1.29, 1.82) is 0 Å². The number of benzene rings is 2. The molecule has 120 valence electrons. The molecule has 0 aliphatic carbocycles. The Morgan fingerprint density at radius 3 is 2.04 bits per heavy atom. The maximum Gasteiger partial charge on any atom is 0.329 e. The number of rotatable bonds is 4. The van der Waals surface area contributed by atoms with E-state index in [2.05, 4.69) is 21.2 Å². The number of hydrogen-bond acceptors (Lipinski definition) is 2. The van der Waals surface area contributed by atoms with E-state index >= 15 is 0 Å². The van der Waals surface area contributed by atoms with Crippen molar-refractivity contribution >= 4 is 33.6 Å². The van der Waals surface area contributed by atoms with Crippen LogP contribution in [0.1, 0.15) is 19.4 Å². The molecular weight excluding hydrogens is 356 g/mol. The summed E-state index contributed by atoms with van der Waals surface area (Å²) in [7, 11) is 0. The second-order valence-corrected chi connectivity index (χ2v) is 7.58. The summed E-state index contributed by atoms with van der Waals surface area (Å²) in [6.07, 6.45) is 0. The highest BCUT2D eigenvalue weighted by Gasteiger charge is 2.34. The molecule has 0 radical (unpaired) electrons. The highest BCUT2D eigenvalue weighted by molar-refractivity contribution is 9.10. The van der Waals surface area contributed by atoms with Crippen LogP contribution in [0.15, 0.2) is 60.7 Å². The molecule has 5 heteroatoms. The van der Waals surface area contributed by atoms with Gasteiger partial charge in [-0.3, -0.25) is 4.79 Å². The Balaban J connectivity index is 2.20. The molecule has 0 aliphatic rings. The molecule has 23 heavy (non-hydrogen) atoms. The topological polar surface area (TPSA) is 49.4 Å². The Hall–Kier alpha value is -2.14. The monoisotopic (exact) mass is 374 g/mol. The molecule has 0 heterocycles. The highest BCUT2D eigenvalue weighted by atomic mass is 79.9. The first-order valence-corrected chi connectivity index (χ1v) is 8.09. The molecule has 2 rings (SSSR count). The fourth-order valence-electron chi connectivity index (χ4n) is 2.02. The largest absolute Gasteiger partial charge is 0.333 e. The van der Waals surface area contributed by atoms with Gasteiger partial charge in [0.2, 0.25) is 0 Å². The standard InChI is InChI=1S/C18H19BrN2O2/c1-18(2,19)16(22)21(15-11-7-4-8-12-15)17(23)20-13-14-9-5-3-6-10-14/h3-12H,13H2,1-2H3,(H,20,23). The minimum atomic E-state index is -0.840. The Kier molecular flexibility index (Phi) is 5.55. The molecule has 0 aromatic heterocycles. The lowest BCUT2D eigenvalue weighted by molar-refractivity contribution is -0.119. The summed E-state index contributed by atoms with van der Waals surface area (Å²) in [5.74, 6) is -0.325. The maximum atomic E-state index is 12.6.